The normalized spacial score (nSPS) is 17.9. The molecule has 0 bridgehead atoms. The van der Waals surface area contributed by atoms with E-state index in [0.717, 1.165) is 23.5 Å². The SMILES string of the molecule is CC(C)(C)c1ccc(N(c2ccc(C(C)(C)C)cc2)c2ccc3c(c2)N(c2ccc(C(C)(C)C)cc2)c2c4c(cc5c2C(C)(C)c2ccccc2-5)-c2cc5c(cc2N(c2ccc6c(c2)C(C)(C)CCC6(C)C)B34)sc2cc3c(cc25)C(C)(C)CCC3(C)C)cc1. The van der Waals surface area contributed by atoms with E-state index >= 15 is 0 Å². The molecule has 3 nitrogen and oxygen atoms in total. The second-order valence-electron chi connectivity index (χ2n) is 34.0. The first kappa shape index (κ1) is 59.0. The molecule has 1 aromatic heterocycles. The lowest BCUT2D eigenvalue weighted by atomic mass is 9.42. The van der Waals surface area contributed by atoms with Crippen molar-refractivity contribution in [2.45, 2.75) is 201 Å². The van der Waals surface area contributed by atoms with Crippen molar-refractivity contribution in [1.82, 2.24) is 0 Å². The lowest BCUT2D eigenvalue weighted by Crippen LogP contribution is -2.62. The molecule has 0 radical (unpaired) electrons. The fraction of sp³-hybridized carbons (Fsp3) is 0.365. The molecule has 5 heteroatoms. The molecule has 0 atom stereocenters. The maximum atomic E-state index is 2.83. The van der Waals surface area contributed by atoms with Crippen LogP contribution in [0.5, 0.6) is 0 Å². The van der Waals surface area contributed by atoms with Gasteiger partial charge < -0.3 is 14.6 Å². The summed E-state index contributed by atoms with van der Waals surface area (Å²) in [4.78, 5) is 8.07. The minimum Gasteiger partial charge on any atom is -0.376 e. The van der Waals surface area contributed by atoms with Gasteiger partial charge in [0.05, 0.1) is 0 Å². The van der Waals surface area contributed by atoms with Gasteiger partial charge in [-0.05, 0) is 232 Å². The molecule has 0 fully saturated rings. The molecule has 9 aromatic carbocycles. The van der Waals surface area contributed by atoms with Gasteiger partial charge in [0.25, 0.3) is 0 Å². The van der Waals surface area contributed by atoms with E-state index < -0.39 is 0 Å². The third kappa shape index (κ3) is 8.91. The average Bonchev–Trinajstić information content (AvgIpc) is 1.26. The van der Waals surface area contributed by atoms with Crippen LogP contribution in [0.1, 0.15) is 207 Å². The fourth-order valence-electron chi connectivity index (χ4n) is 16.8. The van der Waals surface area contributed by atoms with Crippen molar-refractivity contribution in [3.05, 3.63) is 214 Å². The van der Waals surface area contributed by atoms with Gasteiger partial charge >= 0.3 is 6.85 Å². The molecule has 90 heavy (non-hydrogen) atoms. The van der Waals surface area contributed by atoms with E-state index in [2.05, 4.69) is 310 Å². The third-order valence-electron chi connectivity index (χ3n) is 22.6. The van der Waals surface area contributed by atoms with E-state index in [1.807, 2.05) is 11.3 Å². The Morgan fingerprint density at radius 3 is 1.47 bits per heavy atom. The van der Waals surface area contributed by atoms with Crippen molar-refractivity contribution in [2.24, 2.45) is 0 Å². The van der Waals surface area contributed by atoms with Gasteiger partial charge in [0, 0.05) is 76.6 Å². The predicted molar refractivity (Wildman–Crippen MR) is 392 cm³/mol. The molecular formula is C85H92BN3S. The molecule has 0 N–H and O–H groups in total. The van der Waals surface area contributed by atoms with E-state index in [1.54, 1.807) is 0 Å². The number of fused-ring (bicyclic) bond motifs is 13. The van der Waals surface area contributed by atoms with E-state index in [-0.39, 0.29) is 50.2 Å². The summed E-state index contributed by atoms with van der Waals surface area (Å²) in [6.45, 7) is 45.5. The number of hydrogen-bond donors (Lipinski definition) is 0. The average molecular weight is 1200 g/mol. The number of thiophene rings is 1. The van der Waals surface area contributed by atoms with E-state index in [4.69, 9.17) is 0 Å². The summed E-state index contributed by atoms with van der Waals surface area (Å²) in [6, 6.07) is 66.1. The van der Waals surface area contributed by atoms with Gasteiger partial charge in [-0.2, -0.15) is 0 Å². The van der Waals surface area contributed by atoms with Gasteiger partial charge in [-0.15, -0.1) is 11.3 Å². The Bertz CT molecular complexity index is 4560. The Labute approximate surface area is 542 Å². The summed E-state index contributed by atoms with van der Waals surface area (Å²) in [5, 5.41) is 2.75. The van der Waals surface area contributed by atoms with Crippen LogP contribution in [-0.2, 0) is 43.3 Å². The van der Waals surface area contributed by atoms with Gasteiger partial charge in [0.15, 0.2) is 0 Å². The van der Waals surface area contributed by atoms with Crippen LogP contribution in [-0.4, -0.2) is 6.85 Å². The standard InChI is InChI=1S/C85H92BN3S/c1-78(2,3)51-24-30-54(31-25-51)87(55-32-26-52(27-33-55)79(4,5)6)57-37-39-70-72(45-57)88(56-34-28-53(29-35-56)80(7,8)9)77-75-63(59-22-20-21-23-65(59)85(75,18)19)47-64-60-46-61-62-48-68-69(84(16,17)43-42-83(68,14)15)49-73(62)90-74(61)50-71(60)89(86(70)76(64)77)58-36-38-66-67(44-58)82(12,13)41-40-81(66,10)11/h20-39,44-50H,40-43H2,1-19H3. The van der Waals surface area contributed by atoms with Crippen LogP contribution < -0.4 is 25.5 Å². The molecule has 10 aromatic rings. The Kier molecular flexibility index (Phi) is 12.7. The Balaban J connectivity index is 1.08. The molecule has 0 spiro atoms. The van der Waals surface area contributed by atoms with Crippen molar-refractivity contribution in [2.75, 3.05) is 14.6 Å². The minimum atomic E-state index is -0.338. The van der Waals surface area contributed by atoms with Crippen molar-refractivity contribution in [3.8, 4) is 22.3 Å². The number of anilines is 8. The first-order valence-electron chi connectivity index (χ1n) is 33.6. The molecule has 0 saturated heterocycles. The largest absolute Gasteiger partial charge is 0.376 e. The zero-order valence-electron chi connectivity index (χ0n) is 57.2. The van der Waals surface area contributed by atoms with E-state index in [9.17, 15) is 0 Å². The smallest absolute Gasteiger partial charge is 0.333 e. The van der Waals surface area contributed by atoms with Crippen molar-refractivity contribution in [1.29, 1.82) is 0 Å². The number of hydrogen-bond acceptors (Lipinski definition) is 4. The molecule has 3 aliphatic carbocycles. The first-order valence-corrected chi connectivity index (χ1v) is 34.4. The highest BCUT2D eigenvalue weighted by atomic mass is 32.1. The molecule has 5 aliphatic rings. The summed E-state index contributed by atoms with van der Waals surface area (Å²) in [7, 11) is 0. The Morgan fingerprint density at radius 1 is 0.400 bits per heavy atom. The predicted octanol–water partition coefficient (Wildman–Crippen LogP) is 23.1. The molecule has 0 amide bonds. The van der Waals surface area contributed by atoms with Gasteiger partial charge in [0.1, 0.15) is 0 Å². The van der Waals surface area contributed by atoms with Crippen LogP contribution in [0.3, 0.4) is 0 Å². The molecule has 0 unspecified atom stereocenters. The van der Waals surface area contributed by atoms with Crippen LogP contribution >= 0.6 is 11.3 Å². The molecule has 456 valence electrons. The monoisotopic (exact) mass is 1200 g/mol. The highest BCUT2D eigenvalue weighted by Crippen LogP contribution is 2.60. The highest BCUT2D eigenvalue weighted by Gasteiger charge is 2.51. The maximum Gasteiger partial charge on any atom is 0.333 e. The lowest BCUT2D eigenvalue weighted by molar-refractivity contribution is 0.332. The molecule has 0 saturated carbocycles. The van der Waals surface area contributed by atoms with Crippen LogP contribution in [0, 0.1) is 0 Å². The summed E-state index contributed by atoms with van der Waals surface area (Å²) in [5.41, 5.74) is 30.3. The Hall–Kier alpha value is -7.34. The summed E-state index contributed by atoms with van der Waals surface area (Å²) in [5.74, 6) is 0. The van der Waals surface area contributed by atoms with Crippen LogP contribution in [0.4, 0.5) is 45.5 Å². The van der Waals surface area contributed by atoms with Crippen molar-refractivity contribution in [3.63, 3.8) is 0 Å². The van der Waals surface area contributed by atoms with Gasteiger partial charge in [-0.1, -0.05) is 204 Å². The van der Waals surface area contributed by atoms with Crippen LogP contribution in [0.2, 0.25) is 0 Å². The quantitative estimate of drug-likeness (QED) is 0.159. The minimum absolute atomic E-state index is 0.00425. The molecule has 3 heterocycles. The summed E-state index contributed by atoms with van der Waals surface area (Å²) < 4.78 is 2.74. The van der Waals surface area contributed by atoms with Gasteiger partial charge in [-0.3, -0.25) is 0 Å². The number of nitrogens with zero attached hydrogens (tertiary/aromatic N) is 3. The Morgan fingerprint density at radius 2 is 0.889 bits per heavy atom. The first-order chi connectivity index (χ1) is 42.2. The van der Waals surface area contributed by atoms with Gasteiger partial charge in [-0.25, -0.2) is 0 Å². The third-order valence-corrected chi connectivity index (χ3v) is 23.7. The van der Waals surface area contributed by atoms with E-state index in [1.165, 1.54) is 151 Å². The maximum absolute atomic E-state index is 2.83. The van der Waals surface area contributed by atoms with Crippen molar-refractivity contribution >= 4 is 94.8 Å². The summed E-state index contributed by atoms with van der Waals surface area (Å²) >= 11 is 2.00. The van der Waals surface area contributed by atoms with Crippen LogP contribution in [0.15, 0.2) is 164 Å². The van der Waals surface area contributed by atoms with Gasteiger partial charge in [0.2, 0.25) is 0 Å². The second kappa shape index (κ2) is 19.4. The lowest BCUT2D eigenvalue weighted by Gasteiger charge is -2.48. The molecule has 2 aliphatic heterocycles. The zero-order chi connectivity index (χ0) is 63.5. The second-order valence-corrected chi connectivity index (χ2v) is 35.1. The zero-order valence-corrected chi connectivity index (χ0v) is 58.1. The van der Waals surface area contributed by atoms with Crippen LogP contribution in [0.25, 0.3) is 42.4 Å². The number of rotatable bonds is 5. The number of benzene rings is 9. The fourth-order valence-corrected chi connectivity index (χ4v) is 17.9. The van der Waals surface area contributed by atoms with Crippen molar-refractivity contribution < 1.29 is 0 Å². The molecular weight excluding hydrogens is 1110 g/mol. The molecule has 15 rings (SSSR count). The summed E-state index contributed by atoms with van der Waals surface area (Å²) in [6.07, 6.45) is 4.70. The highest BCUT2D eigenvalue weighted by molar-refractivity contribution is 7.26. The topological polar surface area (TPSA) is 9.72 Å². The van der Waals surface area contributed by atoms with E-state index in [0.29, 0.717) is 0 Å².